The molecule has 0 amide bonds. The molecule has 1 heterocycles. The molecule has 3 atom stereocenters. The zero-order valence-corrected chi connectivity index (χ0v) is 23.1. The summed E-state index contributed by atoms with van der Waals surface area (Å²) >= 11 is 0. The van der Waals surface area contributed by atoms with Gasteiger partial charge in [0, 0.05) is 12.1 Å². The summed E-state index contributed by atoms with van der Waals surface area (Å²) in [7, 11) is 6.67. The lowest BCUT2D eigenvalue weighted by Gasteiger charge is -2.37. The molecule has 6 nitrogen and oxygen atoms in total. The Labute approximate surface area is 227 Å². The maximum Gasteiger partial charge on any atom is 0.160 e. The Bertz CT molecular complexity index is 1080. The number of hydrogen-bond donors (Lipinski definition) is 1. The molecule has 0 radical (unpaired) electrons. The largest absolute Gasteiger partial charge is 0.493 e. The molecule has 1 fully saturated rings. The van der Waals surface area contributed by atoms with Crippen LogP contribution in [0.4, 0.5) is 0 Å². The predicted octanol–water partition coefficient (Wildman–Crippen LogP) is 5.85. The molecular weight excluding hydrogens is 478 g/mol. The monoisotopic (exact) mass is 519 g/mol. The van der Waals surface area contributed by atoms with Gasteiger partial charge in [0.15, 0.2) is 23.0 Å². The number of nitrogens with zero attached hydrogens (tertiary/aromatic N) is 1. The van der Waals surface area contributed by atoms with Crippen molar-refractivity contribution in [2.75, 3.05) is 35.0 Å². The average molecular weight is 520 g/mol. The lowest BCUT2D eigenvalue weighted by Crippen LogP contribution is -2.41. The molecule has 1 aliphatic heterocycles. The third kappa shape index (κ3) is 6.43. The van der Waals surface area contributed by atoms with Gasteiger partial charge < -0.3 is 24.1 Å². The first-order valence-electron chi connectivity index (χ1n) is 13.5. The van der Waals surface area contributed by atoms with E-state index in [1.807, 2.05) is 18.2 Å². The number of rotatable bonds is 13. The molecule has 6 heteroatoms. The van der Waals surface area contributed by atoms with E-state index in [-0.39, 0.29) is 12.6 Å². The first-order valence-corrected chi connectivity index (χ1v) is 13.5. The predicted molar refractivity (Wildman–Crippen MR) is 151 cm³/mol. The van der Waals surface area contributed by atoms with Crippen molar-refractivity contribution in [2.24, 2.45) is 0 Å². The smallest absolute Gasteiger partial charge is 0.160 e. The van der Waals surface area contributed by atoms with Crippen molar-refractivity contribution < 1.29 is 24.1 Å². The molecule has 0 aromatic heterocycles. The Morgan fingerprint density at radius 1 is 0.684 bits per heavy atom. The van der Waals surface area contributed by atoms with E-state index in [1.54, 1.807) is 28.4 Å². The van der Waals surface area contributed by atoms with Gasteiger partial charge in [-0.3, -0.25) is 4.90 Å². The van der Waals surface area contributed by atoms with Gasteiger partial charge in [-0.15, -0.1) is 0 Å². The highest BCUT2D eigenvalue weighted by Crippen LogP contribution is 2.38. The van der Waals surface area contributed by atoms with Gasteiger partial charge in [-0.1, -0.05) is 42.5 Å². The molecule has 4 rings (SSSR count). The van der Waals surface area contributed by atoms with E-state index in [1.165, 1.54) is 16.7 Å². The molecule has 204 valence electrons. The van der Waals surface area contributed by atoms with Crippen molar-refractivity contribution in [3.05, 3.63) is 83.4 Å². The summed E-state index contributed by atoms with van der Waals surface area (Å²) in [5.41, 5.74) is 3.64. The van der Waals surface area contributed by atoms with Crippen LogP contribution in [0.5, 0.6) is 23.0 Å². The van der Waals surface area contributed by atoms with Crippen LogP contribution in [0, 0.1) is 0 Å². The molecule has 0 aliphatic carbocycles. The van der Waals surface area contributed by atoms with Gasteiger partial charge in [0.2, 0.25) is 0 Å². The van der Waals surface area contributed by atoms with Crippen molar-refractivity contribution in [2.45, 2.75) is 56.7 Å². The average Bonchev–Trinajstić information content (AvgIpc) is 3.37. The maximum atomic E-state index is 10.6. The maximum absolute atomic E-state index is 10.6. The standard InChI is InChI=1S/C32H41NO5/c1-35-29-18-12-23(20-31(29)37-3)10-14-26-16-17-27(33(26)28(22-34)25-8-6-5-7-9-25)15-11-24-13-19-30(36-2)32(21-24)38-4/h5-9,12-13,18-21,26-28,34H,10-11,14-17,22H2,1-4H3/t26-,27-,28+/m1/s1. The highest BCUT2D eigenvalue weighted by atomic mass is 16.5. The van der Waals surface area contributed by atoms with Crippen LogP contribution < -0.4 is 18.9 Å². The number of aliphatic hydroxyl groups excluding tert-OH is 1. The van der Waals surface area contributed by atoms with Crippen LogP contribution >= 0.6 is 0 Å². The molecule has 0 unspecified atom stereocenters. The minimum absolute atomic E-state index is 0.0236. The van der Waals surface area contributed by atoms with Crippen molar-refractivity contribution in [3.8, 4) is 23.0 Å². The van der Waals surface area contributed by atoms with Gasteiger partial charge in [0.25, 0.3) is 0 Å². The van der Waals surface area contributed by atoms with E-state index >= 15 is 0 Å². The van der Waals surface area contributed by atoms with Gasteiger partial charge in [0.1, 0.15) is 0 Å². The number of hydrogen-bond acceptors (Lipinski definition) is 6. The van der Waals surface area contributed by atoms with Crippen LogP contribution in [-0.2, 0) is 12.8 Å². The van der Waals surface area contributed by atoms with E-state index in [9.17, 15) is 5.11 Å². The van der Waals surface area contributed by atoms with Crippen LogP contribution in [0.3, 0.4) is 0 Å². The Balaban J connectivity index is 1.52. The van der Waals surface area contributed by atoms with Gasteiger partial charge >= 0.3 is 0 Å². The van der Waals surface area contributed by atoms with Crippen molar-refractivity contribution >= 4 is 0 Å². The van der Waals surface area contributed by atoms with E-state index in [4.69, 9.17) is 18.9 Å². The first-order chi connectivity index (χ1) is 18.6. The number of ether oxygens (including phenoxy) is 4. The fourth-order valence-electron chi connectivity index (χ4n) is 5.86. The second-order valence-corrected chi connectivity index (χ2v) is 9.90. The quantitative estimate of drug-likeness (QED) is 0.306. The van der Waals surface area contributed by atoms with E-state index in [0.29, 0.717) is 12.1 Å². The number of benzene rings is 3. The SMILES string of the molecule is COc1ccc(CC[C@@H]2CC[C@@H](CCc3ccc(OC)c(OC)c3)N2[C@@H](CO)c2ccccc2)cc1OC. The van der Waals surface area contributed by atoms with Crippen LogP contribution in [-0.4, -0.2) is 57.1 Å². The molecule has 1 aliphatic rings. The Kier molecular flexibility index (Phi) is 9.91. The second-order valence-electron chi connectivity index (χ2n) is 9.90. The normalized spacial score (nSPS) is 18.2. The van der Waals surface area contributed by atoms with Crippen molar-refractivity contribution in [1.29, 1.82) is 0 Å². The summed E-state index contributed by atoms with van der Waals surface area (Å²) < 4.78 is 21.9. The molecule has 3 aromatic rings. The van der Waals surface area contributed by atoms with Gasteiger partial charge in [-0.25, -0.2) is 0 Å². The van der Waals surface area contributed by atoms with E-state index < -0.39 is 0 Å². The molecule has 0 spiro atoms. The summed E-state index contributed by atoms with van der Waals surface area (Å²) in [5, 5.41) is 10.6. The molecule has 0 saturated carbocycles. The number of aliphatic hydroxyl groups is 1. The van der Waals surface area contributed by atoms with Crippen LogP contribution in [0.2, 0.25) is 0 Å². The Morgan fingerprint density at radius 2 is 1.16 bits per heavy atom. The third-order valence-electron chi connectivity index (χ3n) is 7.82. The fraction of sp³-hybridized carbons (Fsp3) is 0.438. The van der Waals surface area contributed by atoms with Crippen molar-refractivity contribution in [1.82, 2.24) is 4.90 Å². The number of likely N-dealkylation sites (tertiary alicyclic amines) is 1. The van der Waals surface area contributed by atoms with E-state index in [0.717, 1.165) is 61.5 Å². The number of methoxy groups -OCH3 is 4. The van der Waals surface area contributed by atoms with Gasteiger partial charge in [-0.2, -0.15) is 0 Å². The molecule has 0 bridgehead atoms. The van der Waals surface area contributed by atoms with E-state index in [2.05, 4.69) is 53.4 Å². The molecule has 38 heavy (non-hydrogen) atoms. The lowest BCUT2D eigenvalue weighted by atomic mass is 9.99. The minimum atomic E-state index is -0.0236. The topological polar surface area (TPSA) is 60.4 Å². The summed E-state index contributed by atoms with van der Waals surface area (Å²) in [4.78, 5) is 2.59. The summed E-state index contributed by atoms with van der Waals surface area (Å²) in [6, 6.07) is 23.5. The molecule has 3 aromatic carbocycles. The summed E-state index contributed by atoms with van der Waals surface area (Å²) in [6.07, 6.45) is 6.16. The summed E-state index contributed by atoms with van der Waals surface area (Å²) in [5.74, 6) is 3.02. The minimum Gasteiger partial charge on any atom is -0.493 e. The van der Waals surface area contributed by atoms with Gasteiger partial charge in [-0.05, 0) is 79.5 Å². The van der Waals surface area contributed by atoms with Crippen LogP contribution in [0.15, 0.2) is 66.7 Å². The van der Waals surface area contributed by atoms with Crippen molar-refractivity contribution in [3.63, 3.8) is 0 Å². The summed E-state index contributed by atoms with van der Waals surface area (Å²) in [6.45, 7) is 0.101. The Morgan fingerprint density at radius 3 is 1.58 bits per heavy atom. The second kappa shape index (κ2) is 13.5. The molecule has 1 N–H and O–H groups in total. The molecular formula is C32H41NO5. The first kappa shape index (κ1) is 27.8. The van der Waals surface area contributed by atoms with Gasteiger partial charge in [0.05, 0.1) is 41.1 Å². The zero-order chi connectivity index (χ0) is 26.9. The fourth-order valence-corrected chi connectivity index (χ4v) is 5.86. The Hall–Kier alpha value is -3.22. The highest BCUT2D eigenvalue weighted by molar-refractivity contribution is 5.43. The highest BCUT2D eigenvalue weighted by Gasteiger charge is 2.38. The number of aryl methyl sites for hydroxylation is 2. The third-order valence-corrected chi connectivity index (χ3v) is 7.82. The van der Waals surface area contributed by atoms with Crippen LogP contribution in [0.25, 0.3) is 0 Å². The molecule has 1 saturated heterocycles. The van der Waals surface area contributed by atoms with Crippen LogP contribution in [0.1, 0.15) is 48.4 Å². The zero-order valence-electron chi connectivity index (χ0n) is 23.1. The lowest BCUT2D eigenvalue weighted by molar-refractivity contribution is 0.0707.